The van der Waals surface area contributed by atoms with Gasteiger partial charge in [-0.1, -0.05) is 12.1 Å². The zero-order valence-corrected chi connectivity index (χ0v) is 16.1. The molecule has 8 heteroatoms. The maximum absolute atomic E-state index is 13.2. The van der Waals surface area contributed by atoms with Crippen LogP contribution in [-0.4, -0.2) is 30.8 Å². The number of methoxy groups -OCH3 is 1. The highest BCUT2D eigenvalue weighted by molar-refractivity contribution is 6.05. The summed E-state index contributed by atoms with van der Waals surface area (Å²) in [4.78, 5) is 25.8. The Kier molecular flexibility index (Phi) is 3.57. The second-order valence-corrected chi connectivity index (χ2v) is 6.85. The van der Waals surface area contributed by atoms with Gasteiger partial charge in [-0.05, 0) is 42.0 Å². The summed E-state index contributed by atoms with van der Waals surface area (Å²) < 4.78 is 9.73. The van der Waals surface area contributed by atoms with E-state index >= 15 is 0 Å². The van der Waals surface area contributed by atoms with Crippen molar-refractivity contribution in [3.05, 3.63) is 69.4 Å². The molecule has 0 aliphatic rings. The fourth-order valence-corrected chi connectivity index (χ4v) is 3.83. The molecular formula is C21H17N5O3. The van der Waals surface area contributed by atoms with Crippen molar-refractivity contribution in [3.63, 3.8) is 0 Å². The number of ether oxygens (including phenoxy) is 1. The van der Waals surface area contributed by atoms with Crippen molar-refractivity contribution in [1.29, 1.82) is 0 Å². The number of aryl methyl sites for hydroxylation is 1. The van der Waals surface area contributed by atoms with Crippen molar-refractivity contribution in [2.75, 3.05) is 7.11 Å². The first kappa shape index (κ1) is 17.2. The van der Waals surface area contributed by atoms with Gasteiger partial charge in [0.25, 0.3) is 5.56 Å². The van der Waals surface area contributed by atoms with E-state index in [4.69, 9.17) is 4.74 Å². The zero-order chi connectivity index (χ0) is 20.3. The van der Waals surface area contributed by atoms with E-state index in [1.54, 1.807) is 14.2 Å². The van der Waals surface area contributed by atoms with Gasteiger partial charge in [0.2, 0.25) is 0 Å². The third kappa shape index (κ3) is 2.25. The lowest BCUT2D eigenvalue weighted by molar-refractivity contribution is 0.415. The number of benzene rings is 2. The molecule has 0 unspecified atom stereocenters. The number of aromatic nitrogens is 5. The molecular weight excluding hydrogens is 370 g/mol. The number of rotatable bonds is 2. The number of fused-ring (bicyclic) bond motifs is 5. The van der Waals surface area contributed by atoms with E-state index in [1.807, 2.05) is 52.9 Å². The van der Waals surface area contributed by atoms with Crippen LogP contribution in [0, 0.1) is 0 Å². The van der Waals surface area contributed by atoms with Gasteiger partial charge in [0, 0.05) is 14.1 Å². The Balaban J connectivity index is 2.11. The molecule has 3 heterocycles. The van der Waals surface area contributed by atoms with Crippen molar-refractivity contribution in [3.8, 4) is 17.0 Å². The fraction of sp³-hybridized carbons (Fsp3) is 0.143. The third-order valence-electron chi connectivity index (χ3n) is 5.29. The van der Waals surface area contributed by atoms with E-state index < -0.39 is 5.69 Å². The van der Waals surface area contributed by atoms with E-state index in [0.717, 1.165) is 15.6 Å². The Morgan fingerprint density at radius 3 is 2.34 bits per heavy atom. The molecule has 0 bridgehead atoms. The summed E-state index contributed by atoms with van der Waals surface area (Å²) in [6.07, 6.45) is 0. The van der Waals surface area contributed by atoms with Crippen LogP contribution in [0.15, 0.2) is 58.1 Å². The van der Waals surface area contributed by atoms with Gasteiger partial charge in [-0.2, -0.15) is 0 Å². The average Bonchev–Trinajstić information content (AvgIpc) is 3.12. The predicted molar refractivity (Wildman–Crippen MR) is 110 cm³/mol. The molecule has 0 fully saturated rings. The number of hydrogen-bond acceptors (Lipinski definition) is 5. The molecule has 0 amide bonds. The van der Waals surface area contributed by atoms with E-state index in [-0.39, 0.29) is 5.56 Å². The van der Waals surface area contributed by atoms with Crippen LogP contribution in [0.25, 0.3) is 38.8 Å². The lowest BCUT2D eigenvalue weighted by Gasteiger charge is -2.08. The first-order chi connectivity index (χ1) is 14.0. The number of para-hydroxylation sites is 1. The minimum atomic E-state index is -0.411. The van der Waals surface area contributed by atoms with Gasteiger partial charge in [-0.3, -0.25) is 18.3 Å². The molecule has 0 N–H and O–H groups in total. The van der Waals surface area contributed by atoms with Gasteiger partial charge in [-0.15, -0.1) is 10.2 Å². The molecule has 0 saturated carbocycles. The molecule has 29 heavy (non-hydrogen) atoms. The molecule has 0 spiro atoms. The Morgan fingerprint density at radius 1 is 0.897 bits per heavy atom. The lowest BCUT2D eigenvalue weighted by Crippen LogP contribution is -2.36. The Bertz CT molecular complexity index is 1540. The van der Waals surface area contributed by atoms with E-state index in [2.05, 4.69) is 10.2 Å². The van der Waals surface area contributed by atoms with Crippen molar-refractivity contribution in [2.45, 2.75) is 0 Å². The van der Waals surface area contributed by atoms with Crippen LogP contribution in [0.5, 0.6) is 5.75 Å². The predicted octanol–water partition coefficient (Wildman–Crippen LogP) is 2.11. The van der Waals surface area contributed by atoms with Crippen LogP contribution in [0.4, 0.5) is 0 Å². The Hall–Kier alpha value is -3.94. The second kappa shape index (κ2) is 6.03. The van der Waals surface area contributed by atoms with Gasteiger partial charge < -0.3 is 4.74 Å². The molecule has 0 saturated heterocycles. The summed E-state index contributed by atoms with van der Waals surface area (Å²) in [5, 5.41) is 9.09. The molecule has 144 valence electrons. The second-order valence-electron chi connectivity index (χ2n) is 6.85. The van der Waals surface area contributed by atoms with Crippen molar-refractivity contribution >= 4 is 27.6 Å². The fourth-order valence-electron chi connectivity index (χ4n) is 3.83. The number of hydrogen-bond donors (Lipinski definition) is 0. The topological polar surface area (TPSA) is 83.4 Å². The van der Waals surface area contributed by atoms with Crippen molar-refractivity contribution < 1.29 is 4.74 Å². The highest BCUT2D eigenvalue weighted by Gasteiger charge is 2.23. The quantitative estimate of drug-likeness (QED) is 0.463. The highest BCUT2D eigenvalue weighted by Crippen LogP contribution is 2.33. The first-order valence-electron chi connectivity index (χ1n) is 9.03. The van der Waals surface area contributed by atoms with Gasteiger partial charge in [0.05, 0.1) is 23.7 Å². The smallest absolute Gasteiger partial charge is 0.331 e. The Labute approximate surface area is 164 Å². The van der Waals surface area contributed by atoms with Crippen LogP contribution in [0.3, 0.4) is 0 Å². The van der Waals surface area contributed by atoms with Crippen LogP contribution in [-0.2, 0) is 14.1 Å². The normalized spacial score (nSPS) is 11.6. The Morgan fingerprint density at radius 2 is 1.62 bits per heavy atom. The summed E-state index contributed by atoms with van der Waals surface area (Å²) in [5.41, 5.74) is 3.11. The molecule has 0 radical (unpaired) electrons. The number of nitrogens with zero attached hydrogens (tertiary/aromatic N) is 5. The molecule has 8 nitrogen and oxygen atoms in total. The zero-order valence-electron chi connectivity index (χ0n) is 16.1. The maximum atomic E-state index is 13.2. The van der Waals surface area contributed by atoms with Crippen LogP contribution >= 0.6 is 0 Å². The molecule has 5 aromatic rings. The van der Waals surface area contributed by atoms with Gasteiger partial charge in [-0.25, -0.2) is 4.79 Å². The third-order valence-corrected chi connectivity index (χ3v) is 5.29. The summed E-state index contributed by atoms with van der Waals surface area (Å²) in [6, 6.07) is 15.0. The van der Waals surface area contributed by atoms with Crippen molar-refractivity contribution in [2.24, 2.45) is 14.1 Å². The summed E-state index contributed by atoms with van der Waals surface area (Å²) in [7, 11) is 4.72. The molecule has 0 aliphatic carbocycles. The minimum Gasteiger partial charge on any atom is -0.497 e. The summed E-state index contributed by atoms with van der Waals surface area (Å²) in [5.74, 6) is 0.712. The van der Waals surface area contributed by atoms with Crippen molar-refractivity contribution in [1.82, 2.24) is 23.7 Å². The van der Waals surface area contributed by atoms with Crippen LogP contribution in [0.2, 0.25) is 0 Å². The first-order valence-corrected chi connectivity index (χ1v) is 9.03. The maximum Gasteiger partial charge on any atom is 0.331 e. The minimum absolute atomic E-state index is 0.372. The van der Waals surface area contributed by atoms with E-state index in [1.165, 1.54) is 11.6 Å². The molecule has 3 aromatic heterocycles. The largest absolute Gasteiger partial charge is 0.497 e. The molecule has 0 aliphatic heterocycles. The van der Waals surface area contributed by atoms with E-state index in [9.17, 15) is 9.59 Å². The standard InChI is InChI=1S/C21H17N5O3/c1-24-18-16(20(27)25(2)21(24)28)17(12-8-10-13(29-3)11-9-12)26-15-7-5-4-6-14(15)22-23-19(18)26/h4-11H,1-3H3. The molecule has 0 atom stereocenters. The van der Waals surface area contributed by atoms with Crippen LogP contribution in [0.1, 0.15) is 0 Å². The highest BCUT2D eigenvalue weighted by atomic mass is 16.5. The average molecular weight is 387 g/mol. The van der Waals surface area contributed by atoms with E-state index in [0.29, 0.717) is 33.5 Å². The lowest BCUT2D eigenvalue weighted by atomic mass is 10.1. The summed E-state index contributed by atoms with van der Waals surface area (Å²) in [6.45, 7) is 0. The van der Waals surface area contributed by atoms with Gasteiger partial charge in [0.1, 0.15) is 16.8 Å². The van der Waals surface area contributed by atoms with Gasteiger partial charge in [0.15, 0.2) is 5.65 Å². The van der Waals surface area contributed by atoms with Gasteiger partial charge >= 0.3 is 5.69 Å². The van der Waals surface area contributed by atoms with Crippen LogP contribution < -0.4 is 16.0 Å². The summed E-state index contributed by atoms with van der Waals surface area (Å²) >= 11 is 0. The monoisotopic (exact) mass is 387 g/mol. The molecule has 5 rings (SSSR count). The molecule has 2 aromatic carbocycles. The SMILES string of the molecule is COc1ccc(-c2c3c(=O)n(C)c(=O)n(C)c3c3nnc4ccccc4n23)cc1.